The number of aliphatic hydroxyl groups excluding tert-OH is 1. The van der Waals surface area contributed by atoms with Crippen LogP contribution in [0.25, 0.3) is 0 Å². The van der Waals surface area contributed by atoms with Crippen LogP contribution in [-0.4, -0.2) is 31.4 Å². The monoisotopic (exact) mass is 279 g/mol. The molecule has 4 nitrogen and oxygen atoms in total. The average molecular weight is 279 g/mol. The van der Waals surface area contributed by atoms with Gasteiger partial charge in [-0.1, -0.05) is 12.8 Å². The SMILES string of the molecule is COc1ccc(OC)c(C(O)CNC2(C)CCCC2)c1. The molecule has 0 spiro atoms. The second kappa shape index (κ2) is 6.46. The predicted octanol–water partition coefficient (Wildman–Crippen LogP) is 2.66. The summed E-state index contributed by atoms with van der Waals surface area (Å²) in [6.07, 6.45) is 4.28. The predicted molar refractivity (Wildman–Crippen MR) is 79.4 cm³/mol. The fourth-order valence-corrected chi connectivity index (χ4v) is 2.88. The molecule has 0 bridgehead atoms. The van der Waals surface area contributed by atoms with Crippen molar-refractivity contribution in [3.8, 4) is 11.5 Å². The molecule has 4 heteroatoms. The molecular weight excluding hydrogens is 254 g/mol. The Morgan fingerprint density at radius 1 is 1.25 bits per heavy atom. The maximum absolute atomic E-state index is 10.4. The Balaban J connectivity index is 2.05. The van der Waals surface area contributed by atoms with Crippen molar-refractivity contribution in [3.63, 3.8) is 0 Å². The van der Waals surface area contributed by atoms with Gasteiger partial charge in [0.1, 0.15) is 11.5 Å². The summed E-state index contributed by atoms with van der Waals surface area (Å²) in [6, 6.07) is 5.50. The first-order valence-electron chi connectivity index (χ1n) is 7.23. The number of benzene rings is 1. The van der Waals surface area contributed by atoms with Crippen LogP contribution in [-0.2, 0) is 0 Å². The summed E-state index contributed by atoms with van der Waals surface area (Å²) in [6.45, 7) is 2.76. The molecule has 20 heavy (non-hydrogen) atoms. The summed E-state index contributed by atoms with van der Waals surface area (Å²) in [4.78, 5) is 0. The third-order valence-corrected chi connectivity index (χ3v) is 4.23. The molecule has 1 unspecified atom stereocenters. The molecule has 0 aliphatic heterocycles. The van der Waals surface area contributed by atoms with Crippen LogP contribution in [0.2, 0.25) is 0 Å². The fraction of sp³-hybridized carbons (Fsp3) is 0.625. The molecular formula is C16H25NO3. The van der Waals surface area contributed by atoms with Gasteiger partial charge in [-0.2, -0.15) is 0 Å². The van der Waals surface area contributed by atoms with Crippen LogP contribution in [0.4, 0.5) is 0 Å². The summed E-state index contributed by atoms with van der Waals surface area (Å²) in [5, 5.41) is 13.9. The smallest absolute Gasteiger partial charge is 0.124 e. The standard InChI is InChI=1S/C16H25NO3/c1-16(8-4-5-9-16)17-11-14(18)13-10-12(19-2)6-7-15(13)20-3/h6-7,10,14,17-18H,4-5,8-9,11H2,1-3H3. The molecule has 2 N–H and O–H groups in total. The molecule has 1 atom stereocenters. The van der Waals surface area contributed by atoms with Gasteiger partial charge in [-0.25, -0.2) is 0 Å². The fourth-order valence-electron chi connectivity index (χ4n) is 2.88. The maximum atomic E-state index is 10.4. The van der Waals surface area contributed by atoms with Crippen LogP contribution in [0.15, 0.2) is 18.2 Å². The van der Waals surface area contributed by atoms with Gasteiger partial charge in [0.15, 0.2) is 0 Å². The molecule has 0 radical (unpaired) electrons. The average Bonchev–Trinajstić information content (AvgIpc) is 2.91. The van der Waals surface area contributed by atoms with Crippen molar-refractivity contribution in [1.82, 2.24) is 5.32 Å². The van der Waals surface area contributed by atoms with E-state index < -0.39 is 6.10 Å². The lowest BCUT2D eigenvalue weighted by atomic mass is 9.99. The van der Waals surface area contributed by atoms with Gasteiger partial charge < -0.3 is 19.9 Å². The zero-order chi connectivity index (χ0) is 14.6. The third kappa shape index (κ3) is 3.44. The summed E-state index contributed by atoms with van der Waals surface area (Å²) >= 11 is 0. The minimum Gasteiger partial charge on any atom is -0.497 e. The Bertz CT molecular complexity index is 441. The number of β-amino-alcohol motifs (C(OH)–C–C–N with tert-alkyl or cyclic N) is 1. The van der Waals surface area contributed by atoms with Gasteiger partial charge in [0, 0.05) is 17.6 Å². The number of rotatable bonds is 6. The highest BCUT2D eigenvalue weighted by molar-refractivity contribution is 5.41. The third-order valence-electron chi connectivity index (χ3n) is 4.23. The van der Waals surface area contributed by atoms with Crippen molar-refractivity contribution in [2.75, 3.05) is 20.8 Å². The second-order valence-corrected chi connectivity index (χ2v) is 5.77. The van der Waals surface area contributed by atoms with E-state index in [0.29, 0.717) is 12.3 Å². The van der Waals surface area contributed by atoms with Gasteiger partial charge in [-0.3, -0.25) is 0 Å². The molecule has 1 aromatic rings. The van der Waals surface area contributed by atoms with Crippen LogP contribution in [0.1, 0.15) is 44.3 Å². The molecule has 1 fully saturated rings. The number of hydrogen-bond donors (Lipinski definition) is 2. The number of methoxy groups -OCH3 is 2. The number of nitrogens with one attached hydrogen (secondary N) is 1. The minimum absolute atomic E-state index is 0.160. The van der Waals surface area contributed by atoms with Crippen LogP contribution >= 0.6 is 0 Å². The van der Waals surface area contributed by atoms with Gasteiger partial charge in [-0.05, 0) is 38.0 Å². The molecule has 1 aromatic carbocycles. The molecule has 0 amide bonds. The van der Waals surface area contributed by atoms with E-state index in [1.54, 1.807) is 14.2 Å². The molecule has 112 valence electrons. The summed E-state index contributed by atoms with van der Waals surface area (Å²) in [5.41, 5.74) is 0.925. The highest BCUT2D eigenvalue weighted by Crippen LogP contribution is 2.32. The molecule has 0 aromatic heterocycles. The van der Waals surface area contributed by atoms with Crippen molar-refractivity contribution in [3.05, 3.63) is 23.8 Å². The number of aliphatic hydroxyl groups is 1. The van der Waals surface area contributed by atoms with E-state index in [0.717, 1.165) is 11.3 Å². The quantitative estimate of drug-likeness (QED) is 0.840. The molecule has 1 aliphatic carbocycles. The van der Waals surface area contributed by atoms with E-state index in [-0.39, 0.29) is 5.54 Å². The summed E-state index contributed by atoms with van der Waals surface area (Å²) < 4.78 is 10.5. The number of ether oxygens (including phenoxy) is 2. The Hall–Kier alpha value is -1.26. The van der Waals surface area contributed by atoms with Crippen molar-refractivity contribution >= 4 is 0 Å². The molecule has 2 rings (SSSR count). The first-order chi connectivity index (χ1) is 9.58. The highest BCUT2D eigenvalue weighted by atomic mass is 16.5. The maximum Gasteiger partial charge on any atom is 0.124 e. The van der Waals surface area contributed by atoms with E-state index in [1.807, 2.05) is 18.2 Å². The molecule has 1 aliphatic rings. The summed E-state index contributed by atoms with van der Waals surface area (Å²) in [7, 11) is 3.24. The van der Waals surface area contributed by atoms with Crippen molar-refractivity contribution in [2.24, 2.45) is 0 Å². The topological polar surface area (TPSA) is 50.7 Å². The van der Waals surface area contributed by atoms with E-state index in [1.165, 1.54) is 25.7 Å². The van der Waals surface area contributed by atoms with Crippen LogP contribution in [0, 0.1) is 0 Å². The largest absolute Gasteiger partial charge is 0.497 e. The highest BCUT2D eigenvalue weighted by Gasteiger charge is 2.29. The molecule has 0 saturated heterocycles. The lowest BCUT2D eigenvalue weighted by Gasteiger charge is -2.27. The first-order valence-corrected chi connectivity index (χ1v) is 7.23. The Morgan fingerprint density at radius 2 is 1.95 bits per heavy atom. The van der Waals surface area contributed by atoms with Crippen LogP contribution in [0.3, 0.4) is 0 Å². The van der Waals surface area contributed by atoms with Crippen molar-refractivity contribution in [2.45, 2.75) is 44.2 Å². The lowest BCUT2D eigenvalue weighted by Crippen LogP contribution is -2.41. The first kappa shape index (κ1) is 15.1. The summed E-state index contributed by atoms with van der Waals surface area (Å²) in [5.74, 6) is 1.42. The van der Waals surface area contributed by atoms with Crippen molar-refractivity contribution < 1.29 is 14.6 Å². The zero-order valence-electron chi connectivity index (χ0n) is 12.6. The van der Waals surface area contributed by atoms with Gasteiger partial charge >= 0.3 is 0 Å². The molecule has 1 saturated carbocycles. The Morgan fingerprint density at radius 3 is 2.55 bits per heavy atom. The second-order valence-electron chi connectivity index (χ2n) is 5.77. The van der Waals surface area contributed by atoms with E-state index in [4.69, 9.17) is 9.47 Å². The van der Waals surface area contributed by atoms with E-state index in [9.17, 15) is 5.11 Å². The Labute approximate surface area is 121 Å². The molecule has 0 heterocycles. The zero-order valence-corrected chi connectivity index (χ0v) is 12.6. The van der Waals surface area contributed by atoms with Crippen molar-refractivity contribution in [1.29, 1.82) is 0 Å². The minimum atomic E-state index is -0.600. The number of hydrogen-bond acceptors (Lipinski definition) is 4. The van der Waals surface area contributed by atoms with Gasteiger partial charge in [-0.15, -0.1) is 0 Å². The lowest BCUT2D eigenvalue weighted by molar-refractivity contribution is 0.155. The van der Waals surface area contributed by atoms with Crippen LogP contribution < -0.4 is 14.8 Å². The van der Waals surface area contributed by atoms with E-state index in [2.05, 4.69) is 12.2 Å². The Kier molecular flexibility index (Phi) is 4.89. The van der Waals surface area contributed by atoms with Gasteiger partial charge in [0.05, 0.1) is 20.3 Å². The van der Waals surface area contributed by atoms with E-state index >= 15 is 0 Å². The van der Waals surface area contributed by atoms with Crippen LogP contribution in [0.5, 0.6) is 11.5 Å². The van der Waals surface area contributed by atoms with Gasteiger partial charge in [0.2, 0.25) is 0 Å². The van der Waals surface area contributed by atoms with Gasteiger partial charge in [0.25, 0.3) is 0 Å². The normalized spacial score (nSPS) is 18.8.